The molecule has 9 heteroatoms. The summed E-state index contributed by atoms with van der Waals surface area (Å²) >= 11 is 12.6. The van der Waals surface area contributed by atoms with Crippen molar-refractivity contribution in [2.24, 2.45) is 5.92 Å². The number of aryl methyl sites for hydroxylation is 1. The van der Waals surface area contributed by atoms with Crippen molar-refractivity contribution >= 4 is 46.2 Å². The van der Waals surface area contributed by atoms with Gasteiger partial charge in [-0.2, -0.15) is 0 Å². The number of hydrogen-bond acceptors (Lipinski definition) is 4. The Morgan fingerprint density at radius 1 is 1.05 bits per heavy atom. The lowest BCUT2D eigenvalue weighted by atomic mass is 9.96. The number of anilines is 2. The Morgan fingerprint density at radius 3 is 2.42 bits per heavy atom. The highest BCUT2D eigenvalue weighted by atomic mass is 35.5. The van der Waals surface area contributed by atoms with Crippen LogP contribution in [-0.4, -0.2) is 25.6 Å². The minimum atomic E-state index is -0.201. The third-order valence-corrected chi connectivity index (χ3v) is 7.41. The van der Waals surface area contributed by atoms with Crippen LogP contribution in [0.15, 0.2) is 73.1 Å². The van der Waals surface area contributed by atoms with Crippen LogP contribution in [0.5, 0.6) is 0 Å². The first-order valence-corrected chi connectivity index (χ1v) is 13.3. The van der Waals surface area contributed by atoms with Crippen LogP contribution in [0.4, 0.5) is 11.4 Å². The summed E-state index contributed by atoms with van der Waals surface area (Å²) in [7, 11) is 0. The second kappa shape index (κ2) is 10.6. The van der Waals surface area contributed by atoms with E-state index in [1.807, 2.05) is 68.4 Å². The van der Waals surface area contributed by atoms with Crippen molar-refractivity contribution in [1.82, 2.24) is 19.9 Å². The van der Waals surface area contributed by atoms with Crippen LogP contribution < -0.4 is 15.5 Å². The van der Waals surface area contributed by atoms with E-state index < -0.39 is 0 Å². The standard InChI is InChI=1S/C29H29ClN6OS/c1-17(2)28(37)33-23-12-11-20(16-22(23)30)36-27(26(34-29(36)38)24-9-5-7-13-31-24)21-15-18(3)35(19(21)4)25-10-6-8-14-32-25/h5-17,26-27H,1-4H3,(H,33,37)(H,34,38). The van der Waals surface area contributed by atoms with Gasteiger partial charge >= 0.3 is 0 Å². The average molecular weight is 545 g/mol. The molecule has 0 aliphatic carbocycles. The van der Waals surface area contributed by atoms with Gasteiger partial charge in [0.05, 0.1) is 28.5 Å². The summed E-state index contributed by atoms with van der Waals surface area (Å²) < 4.78 is 2.15. The number of carbonyl (C=O) groups is 1. The lowest BCUT2D eigenvalue weighted by Crippen LogP contribution is -2.29. The molecule has 0 spiro atoms. The smallest absolute Gasteiger partial charge is 0.226 e. The van der Waals surface area contributed by atoms with Gasteiger partial charge in [-0.3, -0.25) is 9.78 Å². The van der Waals surface area contributed by atoms with Crippen molar-refractivity contribution in [2.45, 2.75) is 39.8 Å². The van der Waals surface area contributed by atoms with Crippen LogP contribution >= 0.6 is 23.8 Å². The van der Waals surface area contributed by atoms with Crippen LogP contribution in [0.2, 0.25) is 5.02 Å². The predicted molar refractivity (Wildman–Crippen MR) is 156 cm³/mol. The molecule has 7 nitrogen and oxygen atoms in total. The number of benzene rings is 1. The van der Waals surface area contributed by atoms with Gasteiger partial charge in [-0.15, -0.1) is 0 Å². The van der Waals surface area contributed by atoms with Crippen molar-refractivity contribution in [2.75, 3.05) is 10.2 Å². The van der Waals surface area contributed by atoms with E-state index in [2.05, 4.69) is 50.0 Å². The largest absolute Gasteiger partial charge is 0.351 e. The molecule has 1 aliphatic rings. The third kappa shape index (κ3) is 4.77. The van der Waals surface area contributed by atoms with E-state index in [0.29, 0.717) is 15.8 Å². The number of nitrogens with one attached hydrogen (secondary N) is 2. The van der Waals surface area contributed by atoms with E-state index in [1.165, 1.54) is 0 Å². The summed E-state index contributed by atoms with van der Waals surface area (Å²) in [6.45, 7) is 7.87. The van der Waals surface area contributed by atoms with Crippen molar-refractivity contribution in [3.63, 3.8) is 0 Å². The van der Waals surface area contributed by atoms with E-state index in [-0.39, 0.29) is 23.9 Å². The Labute approximate surface area is 232 Å². The van der Waals surface area contributed by atoms with E-state index in [4.69, 9.17) is 23.8 Å². The van der Waals surface area contributed by atoms with Gasteiger partial charge < -0.3 is 20.1 Å². The molecule has 0 bridgehead atoms. The SMILES string of the molecule is Cc1cc(C2C(c3ccccn3)NC(=S)N2c2ccc(NC(=O)C(C)C)c(Cl)c2)c(C)n1-c1ccccn1. The number of thiocarbonyl (C=S) groups is 1. The number of halogens is 1. The molecule has 0 radical (unpaired) electrons. The van der Waals surface area contributed by atoms with Gasteiger partial charge in [0.15, 0.2) is 5.11 Å². The number of hydrogen-bond donors (Lipinski definition) is 2. The molecule has 194 valence electrons. The Kier molecular flexibility index (Phi) is 7.19. The van der Waals surface area contributed by atoms with E-state index in [9.17, 15) is 4.79 Å². The Bertz CT molecular complexity index is 1490. The van der Waals surface area contributed by atoms with E-state index in [1.54, 1.807) is 12.4 Å². The number of carbonyl (C=O) groups excluding carboxylic acids is 1. The summed E-state index contributed by atoms with van der Waals surface area (Å²) in [6, 6.07) is 19.2. The highest BCUT2D eigenvalue weighted by Crippen LogP contribution is 2.44. The molecule has 0 saturated carbocycles. The van der Waals surface area contributed by atoms with Gasteiger partial charge in [0, 0.05) is 35.4 Å². The van der Waals surface area contributed by atoms with Gasteiger partial charge in [0.1, 0.15) is 5.82 Å². The molecule has 1 fully saturated rings. The summed E-state index contributed by atoms with van der Waals surface area (Å²) in [5, 5.41) is 7.41. The second-order valence-electron chi connectivity index (χ2n) is 9.65. The Morgan fingerprint density at radius 2 is 1.79 bits per heavy atom. The monoisotopic (exact) mass is 544 g/mol. The molecule has 2 unspecified atom stereocenters. The zero-order chi connectivity index (χ0) is 27.0. The first kappa shape index (κ1) is 25.9. The number of amides is 1. The number of nitrogens with zero attached hydrogens (tertiary/aromatic N) is 4. The van der Waals surface area contributed by atoms with Crippen LogP contribution in [0.1, 0.15) is 48.6 Å². The lowest BCUT2D eigenvalue weighted by molar-refractivity contribution is -0.118. The number of aromatic nitrogens is 3. The average Bonchev–Trinajstić information content (AvgIpc) is 3.41. The van der Waals surface area contributed by atoms with Crippen molar-refractivity contribution in [1.29, 1.82) is 0 Å². The number of pyridine rings is 2. The fourth-order valence-corrected chi connectivity index (χ4v) is 5.47. The molecule has 1 saturated heterocycles. The first-order valence-electron chi connectivity index (χ1n) is 12.5. The van der Waals surface area contributed by atoms with Gasteiger partial charge in [0.2, 0.25) is 5.91 Å². The summed E-state index contributed by atoms with van der Waals surface area (Å²) in [4.78, 5) is 23.6. The zero-order valence-corrected chi connectivity index (χ0v) is 23.2. The van der Waals surface area contributed by atoms with Crippen molar-refractivity contribution in [3.05, 3.63) is 101 Å². The van der Waals surface area contributed by atoms with Crippen molar-refractivity contribution < 1.29 is 4.79 Å². The topological polar surface area (TPSA) is 75.1 Å². The first-order chi connectivity index (χ1) is 18.3. The summed E-state index contributed by atoms with van der Waals surface area (Å²) in [6.07, 6.45) is 3.59. The molecule has 4 aromatic rings. The maximum Gasteiger partial charge on any atom is 0.226 e. The molecule has 4 heterocycles. The molecule has 2 N–H and O–H groups in total. The second-order valence-corrected chi connectivity index (χ2v) is 10.4. The number of rotatable bonds is 6. The maximum absolute atomic E-state index is 12.3. The molecule has 5 rings (SSSR count). The molecule has 38 heavy (non-hydrogen) atoms. The van der Waals surface area contributed by atoms with E-state index in [0.717, 1.165) is 34.2 Å². The molecular weight excluding hydrogens is 516 g/mol. The molecule has 3 aromatic heterocycles. The molecule has 1 aliphatic heterocycles. The van der Waals surface area contributed by atoms with Gasteiger partial charge in [-0.25, -0.2) is 4.98 Å². The molecule has 2 atom stereocenters. The zero-order valence-electron chi connectivity index (χ0n) is 21.6. The molecule has 1 amide bonds. The maximum atomic E-state index is 12.3. The fraction of sp³-hybridized carbons (Fsp3) is 0.241. The highest BCUT2D eigenvalue weighted by molar-refractivity contribution is 7.80. The van der Waals surface area contributed by atoms with Gasteiger partial charge in [-0.05, 0) is 80.2 Å². The molecule has 1 aromatic carbocycles. The van der Waals surface area contributed by atoms with Crippen LogP contribution in [0, 0.1) is 19.8 Å². The minimum absolute atomic E-state index is 0.0898. The summed E-state index contributed by atoms with van der Waals surface area (Å²) in [5.41, 5.74) is 5.51. The van der Waals surface area contributed by atoms with Crippen LogP contribution in [0.3, 0.4) is 0 Å². The fourth-order valence-electron chi connectivity index (χ4n) is 4.91. The van der Waals surface area contributed by atoms with Gasteiger partial charge in [0.25, 0.3) is 0 Å². The van der Waals surface area contributed by atoms with Crippen LogP contribution in [-0.2, 0) is 4.79 Å². The van der Waals surface area contributed by atoms with Crippen molar-refractivity contribution in [3.8, 4) is 5.82 Å². The Balaban J connectivity index is 1.61. The minimum Gasteiger partial charge on any atom is -0.351 e. The lowest BCUT2D eigenvalue weighted by Gasteiger charge is -2.28. The highest BCUT2D eigenvalue weighted by Gasteiger charge is 2.42. The van der Waals surface area contributed by atoms with E-state index >= 15 is 0 Å². The summed E-state index contributed by atoms with van der Waals surface area (Å²) in [5.74, 6) is 0.614. The molecular formula is C29H29ClN6OS. The normalized spacial score (nSPS) is 17.1. The quantitative estimate of drug-likeness (QED) is 0.277. The Hall–Kier alpha value is -3.75. The van der Waals surface area contributed by atoms with Crippen LogP contribution in [0.25, 0.3) is 5.82 Å². The third-order valence-electron chi connectivity index (χ3n) is 6.78. The van der Waals surface area contributed by atoms with Gasteiger partial charge in [-0.1, -0.05) is 37.6 Å². The predicted octanol–water partition coefficient (Wildman–Crippen LogP) is 6.31.